The molecule has 1 aliphatic rings. The van der Waals surface area contributed by atoms with Gasteiger partial charge in [-0.2, -0.15) is 0 Å². The van der Waals surface area contributed by atoms with Crippen LogP contribution in [0.2, 0.25) is 0 Å². The van der Waals surface area contributed by atoms with E-state index in [1.165, 1.54) is 0 Å². The zero-order chi connectivity index (χ0) is 18.8. The molecule has 1 unspecified atom stereocenters. The Hall–Kier alpha value is -3.00. The first kappa shape index (κ1) is 17.4. The number of carboxylic acids is 1. The molecule has 0 aliphatic carbocycles. The summed E-state index contributed by atoms with van der Waals surface area (Å²) in [6.45, 7) is 1.15. The number of hydrogen-bond donors (Lipinski definition) is 2. The van der Waals surface area contributed by atoms with E-state index in [4.69, 9.17) is 5.11 Å². The van der Waals surface area contributed by atoms with Crippen LogP contribution in [-0.2, 0) is 11.3 Å². The molecule has 4 rings (SSSR count). The van der Waals surface area contributed by atoms with Gasteiger partial charge in [0.15, 0.2) is 0 Å². The number of nitrogens with one attached hydrogen (secondary N) is 1. The zero-order valence-electron chi connectivity index (χ0n) is 14.5. The Morgan fingerprint density at radius 1 is 1.22 bits per heavy atom. The summed E-state index contributed by atoms with van der Waals surface area (Å²) in [6.07, 6.45) is 3.26. The van der Waals surface area contributed by atoms with Crippen molar-refractivity contribution in [2.24, 2.45) is 0 Å². The summed E-state index contributed by atoms with van der Waals surface area (Å²) in [5.74, 6) is -0.196. The molecule has 2 N–H and O–H groups in total. The molecular weight excluding hydrogens is 364 g/mol. The van der Waals surface area contributed by atoms with Crippen molar-refractivity contribution in [3.05, 3.63) is 53.2 Å². The van der Waals surface area contributed by atoms with E-state index in [0.717, 1.165) is 41.0 Å². The first-order chi connectivity index (χ1) is 13.1. The molecule has 0 spiro atoms. The Balaban J connectivity index is 1.46. The summed E-state index contributed by atoms with van der Waals surface area (Å²) >= 11 is 1.56. The number of aromatic nitrogens is 2. The average molecular weight is 382 g/mol. The minimum atomic E-state index is -0.961. The normalized spacial score (nSPS) is 16.6. The summed E-state index contributed by atoms with van der Waals surface area (Å²) in [4.78, 5) is 35.4. The van der Waals surface area contributed by atoms with Crippen molar-refractivity contribution >= 4 is 39.2 Å². The van der Waals surface area contributed by atoms with Gasteiger partial charge in [0.2, 0.25) is 5.91 Å². The van der Waals surface area contributed by atoms with Crippen molar-refractivity contribution in [3.8, 4) is 0 Å². The Kier molecular flexibility index (Phi) is 4.72. The summed E-state index contributed by atoms with van der Waals surface area (Å²) in [6, 6.07) is 8.25. The van der Waals surface area contributed by atoms with Gasteiger partial charge in [-0.15, -0.1) is 11.3 Å². The summed E-state index contributed by atoms with van der Waals surface area (Å²) in [7, 11) is 0. The Bertz CT molecular complexity index is 986. The number of anilines is 1. The smallest absolute Gasteiger partial charge is 0.335 e. The molecule has 2 aromatic heterocycles. The molecular formula is C19H18N4O3S. The molecule has 1 saturated heterocycles. The predicted octanol–water partition coefficient (Wildman–Crippen LogP) is 2.67. The quantitative estimate of drug-likeness (QED) is 0.704. The maximum Gasteiger partial charge on any atom is 0.335 e. The van der Waals surface area contributed by atoms with Crippen molar-refractivity contribution in [2.75, 3.05) is 11.4 Å². The van der Waals surface area contributed by atoms with Gasteiger partial charge in [0.25, 0.3) is 0 Å². The second-order valence-corrected chi connectivity index (χ2v) is 7.30. The van der Waals surface area contributed by atoms with E-state index in [2.05, 4.69) is 20.2 Å². The average Bonchev–Trinajstić information content (AvgIpc) is 3.35. The highest BCUT2D eigenvalue weighted by Crippen LogP contribution is 2.31. The molecule has 1 fully saturated rings. The van der Waals surface area contributed by atoms with Crippen LogP contribution >= 0.6 is 11.3 Å². The van der Waals surface area contributed by atoms with Crippen LogP contribution in [0.5, 0.6) is 0 Å². The van der Waals surface area contributed by atoms with E-state index in [1.54, 1.807) is 41.9 Å². The largest absolute Gasteiger partial charge is 0.478 e. The lowest BCUT2D eigenvalue weighted by molar-refractivity contribution is -0.122. The lowest BCUT2D eigenvalue weighted by atomic mass is 10.1. The Morgan fingerprint density at radius 3 is 2.81 bits per heavy atom. The standard InChI is InChI=1S/C19H18N4O3S/c24-17(20-10-12-3-5-13(6-4-12)19(25)26)15-2-1-8-23(15)16-14-7-9-27-18(14)22-11-21-16/h3-7,9,11,15H,1-2,8,10H2,(H,20,24)(H,25,26). The fourth-order valence-corrected chi connectivity index (χ4v) is 4.10. The number of fused-ring (bicyclic) bond motifs is 1. The van der Waals surface area contributed by atoms with Crippen molar-refractivity contribution in [1.82, 2.24) is 15.3 Å². The van der Waals surface area contributed by atoms with Crippen molar-refractivity contribution < 1.29 is 14.7 Å². The van der Waals surface area contributed by atoms with Gasteiger partial charge < -0.3 is 15.3 Å². The van der Waals surface area contributed by atoms with Crippen molar-refractivity contribution in [2.45, 2.75) is 25.4 Å². The van der Waals surface area contributed by atoms with E-state index in [9.17, 15) is 9.59 Å². The number of nitrogens with zero attached hydrogens (tertiary/aromatic N) is 3. The summed E-state index contributed by atoms with van der Waals surface area (Å²) in [5, 5.41) is 14.9. The van der Waals surface area contributed by atoms with Crippen molar-refractivity contribution in [3.63, 3.8) is 0 Å². The first-order valence-electron chi connectivity index (χ1n) is 8.68. The molecule has 1 aliphatic heterocycles. The van der Waals surface area contributed by atoms with E-state index >= 15 is 0 Å². The van der Waals surface area contributed by atoms with Gasteiger partial charge in [-0.1, -0.05) is 12.1 Å². The minimum absolute atomic E-state index is 0.0446. The molecule has 1 aromatic carbocycles. The van der Waals surface area contributed by atoms with Crippen LogP contribution in [0.3, 0.4) is 0 Å². The number of rotatable bonds is 5. The fourth-order valence-electron chi connectivity index (χ4n) is 3.37. The van der Waals surface area contributed by atoms with E-state index in [-0.39, 0.29) is 17.5 Å². The van der Waals surface area contributed by atoms with Crippen molar-refractivity contribution in [1.29, 1.82) is 0 Å². The number of benzene rings is 1. The molecule has 27 heavy (non-hydrogen) atoms. The number of hydrogen-bond acceptors (Lipinski definition) is 6. The highest BCUT2D eigenvalue weighted by atomic mass is 32.1. The second-order valence-electron chi connectivity index (χ2n) is 6.41. The van der Waals surface area contributed by atoms with Crippen LogP contribution < -0.4 is 10.2 Å². The molecule has 7 nitrogen and oxygen atoms in total. The van der Waals surface area contributed by atoms with Crippen LogP contribution in [0, 0.1) is 0 Å². The number of carbonyl (C=O) groups is 2. The summed E-state index contributed by atoms with van der Waals surface area (Å²) < 4.78 is 0. The van der Waals surface area contributed by atoms with Crippen LogP contribution in [-0.4, -0.2) is 39.5 Å². The van der Waals surface area contributed by atoms with Gasteiger partial charge in [-0.25, -0.2) is 14.8 Å². The van der Waals surface area contributed by atoms with Gasteiger partial charge in [0, 0.05) is 13.1 Å². The number of carboxylic acid groups (broad SMARTS) is 1. The van der Waals surface area contributed by atoms with Gasteiger partial charge in [-0.3, -0.25) is 4.79 Å². The third-order valence-electron chi connectivity index (χ3n) is 4.74. The highest BCUT2D eigenvalue weighted by molar-refractivity contribution is 7.16. The second kappa shape index (κ2) is 7.32. The van der Waals surface area contributed by atoms with Gasteiger partial charge in [0.05, 0.1) is 10.9 Å². The predicted molar refractivity (Wildman–Crippen MR) is 103 cm³/mol. The third-order valence-corrected chi connectivity index (χ3v) is 5.56. The lowest BCUT2D eigenvalue weighted by Crippen LogP contribution is -2.43. The summed E-state index contributed by atoms with van der Waals surface area (Å²) in [5.41, 5.74) is 1.09. The molecule has 0 radical (unpaired) electrons. The zero-order valence-corrected chi connectivity index (χ0v) is 15.3. The first-order valence-corrected chi connectivity index (χ1v) is 9.56. The number of carbonyl (C=O) groups excluding carboxylic acids is 1. The number of amides is 1. The van der Waals surface area contributed by atoms with Gasteiger partial charge >= 0.3 is 5.97 Å². The molecule has 3 heterocycles. The van der Waals surface area contributed by atoms with Crippen LogP contribution in [0.1, 0.15) is 28.8 Å². The SMILES string of the molecule is O=C(O)c1ccc(CNC(=O)C2CCCN2c2ncnc3sccc23)cc1. The fraction of sp³-hybridized carbons (Fsp3) is 0.263. The number of thiophene rings is 1. The molecule has 8 heteroatoms. The van der Waals surface area contributed by atoms with E-state index in [0.29, 0.717) is 6.54 Å². The highest BCUT2D eigenvalue weighted by Gasteiger charge is 2.32. The van der Waals surface area contributed by atoms with Gasteiger partial charge in [0.1, 0.15) is 23.0 Å². The number of aromatic carboxylic acids is 1. The van der Waals surface area contributed by atoms with E-state index in [1.807, 2.05) is 11.4 Å². The molecule has 138 valence electrons. The third kappa shape index (κ3) is 3.48. The molecule has 0 saturated carbocycles. The van der Waals surface area contributed by atoms with E-state index < -0.39 is 5.97 Å². The van der Waals surface area contributed by atoms with Crippen LogP contribution in [0.4, 0.5) is 5.82 Å². The molecule has 1 atom stereocenters. The molecule has 0 bridgehead atoms. The topological polar surface area (TPSA) is 95.4 Å². The van der Waals surface area contributed by atoms with Crippen LogP contribution in [0.15, 0.2) is 42.0 Å². The Morgan fingerprint density at radius 2 is 2.04 bits per heavy atom. The minimum Gasteiger partial charge on any atom is -0.478 e. The van der Waals surface area contributed by atoms with Gasteiger partial charge in [-0.05, 0) is 42.0 Å². The monoisotopic (exact) mass is 382 g/mol. The molecule has 1 amide bonds. The van der Waals surface area contributed by atoms with Crippen LogP contribution in [0.25, 0.3) is 10.2 Å². The Labute approximate surface area is 159 Å². The lowest BCUT2D eigenvalue weighted by Gasteiger charge is -2.25. The maximum absolute atomic E-state index is 12.8. The maximum atomic E-state index is 12.8. The molecule has 3 aromatic rings.